The Morgan fingerprint density at radius 2 is 2.17 bits per heavy atom. The van der Waals surface area contributed by atoms with E-state index in [-0.39, 0.29) is 31.4 Å². The summed E-state index contributed by atoms with van der Waals surface area (Å²) in [6.07, 6.45) is 2.16. The van der Waals surface area contributed by atoms with Crippen molar-refractivity contribution in [3.63, 3.8) is 0 Å². The molecule has 1 unspecified atom stereocenters. The molecular weight excluding hydrogens is 468 g/mol. The molecule has 10 heteroatoms. The molecular formula is C25H22N4O5S. The monoisotopic (exact) mass is 490 g/mol. The van der Waals surface area contributed by atoms with Crippen LogP contribution in [0, 0.1) is 11.8 Å². The number of ether oxygens (including phenoxy) is 2. The van der Waals surface area contributed by atoms with Gasteiger partial charge in [0.25, 0.3) is 11.8 Å². The van der Waals surface area contributed by atoms with Crippen molar-refractivity contribution in [3.05, 3.63) is 69.9 Å². The molecule has 0 radical (unpaired) electrons. The molecule has 2 N–H and O–H groups in total. The standard InChI is InChI=1S/C25H22N4O5S/c1-29-21-10-16(4-6-25(32)13-33-14-25)2-3-22(21)34-11-20(24(29)31)28-23(30)19-9-17(5-7-26-19)8-18-12-35-15-27-18/h2-3,5,7,9-10,12,15,20,32H,8,11,13-14H2,1H3,(H,28,30). The van der Waals surface area contributed by atoms with E-state index < -0.39 is 17.6 Å². The van der Waals surface area contributed by atoms with Crippen molar-refractivity contribution >= 4 is 28.8 Å². The quantitative estimate of drug-likeness (QED) is 0.532. The maximum absolute atomic E-state index is 13.1. The molecule has 0 bridgehead atoms. The minimum absolute atomic E-state index is 0.0253. The number of hydrogen-bond donors (Lipinski definition) is 2. The van der Waals surface area contributed by atoms with E-state index in [1.165, 1.54) is 16.2 Å². The number of nitrogens with zero attached hydrogens (tertiary/aromatic N) is 3. The van der Waals surface area contributed by atoms with Crippen molar-refractivity contribution in [3.8, 4) is 17.6 Å². The van der Waals surface area contributed by atoms with Crippen molar-refractivity contribution in [2.75, 3.05) is 31.8 Å². The maximum Gasteiger partial charge on any atom is 0.270 e. The van der Waals surface area contributed by atoms with E-state index in [0.29, 0.717) is 23.4 Å². The molecule has 2 amide bonds. The molecule has 5 rings (SSSR count). The van der Waals surface area contributed by atoms with Crippen LogP contribution in [0.5, 0.6) is 5.75 Å². The van der Waals surface area contributed by atoms with Crippen LogP contribution in [0.15, 0.2) is 47.4 Å². The van der Waals surface area contributed by atoms with E-state index in [2.05, 4.69) is 27.1 Å². The number of fused-ring (bicyclic) bond motifs is 1. The molecule has 2 aliphatic heterocycles. The van der Waals surface area contributed by atoms with E-state index in [1.54, 1.807) is 43.0 Å². The number of rotatable bonds is 4. The molecule has 0 spiro atoms. The van der Waals surface area contributed by atoms with Gasteiger partial charge >= 0.3 is 0 Å². The third-order valence-electron chi connectivity index (χ3n) is 5.71. The molecule has 3 aromatic rings. The van der Waals surface area contributed by atoms with Crippen LogP contribution >= 0.6 is 11.3 Å². The van der Waals surface area contributed by atoms with Gasteiger partial charge in [0.05, 0.1) is 30.1 Å². The summed E-state index contributed by atoms with van der Waals surface area (Å²) >= 11 is 1.51. The van der Waals surface area contributed by atoms with Crippen molar-refractivity contribution < 1.29 is 24.2 Å². The van der Waals surface area contributed by atoms with Crippen molar-refractivity contribution in [2.45, 2.75) is 18.1 Å². The fourth-order valence-corrected chi connectivity index (χ4v) is 4.27. The highest BCUT2D eigenvalue weighted by Crippen LogP contribution is 2.31. The van der Waals surface area contributed by atoms with E-state index in [9.17, 15) is 14.7 Å². The number of amides is 2. The molecule has 1 aromatic carbocycles. The van der Waals surface area contributed by atoms with Crippen molar-refractivity contribution in [1.29, 1.82) is 0 Å². The first kappa shape index (κ1) is 23.0. The minimum atomic E-state index is -1.13. The first-order valence-corrected chi connectivity index (χ1v) is 11.9. The van der Waals surface area contributed by atoms with Crippen LogP contribution in [0.1, 0.15) is 27.3 Å². The van der Waals surface area contributed by atoms with Gasteiger partial charge in [-0.1, -0.05) is 11.8 Å². The molecule has 0 saturated carbocycles. The van der Waals surface area contributed by atoms with E-state index in [1.807, 2.05) is 11.4 Å². The van der Waals surface area contributed by atoms with Gasteiger partial charge in [-0.15, -0.1) is 11.3 Å². The normalized spacial score (nSPS) is 18.3. The molecule has 1 fully saturated rings. The Morgan fingerprint density at radius 3 is 2.91 bits per heavy atom. The summed E-state index contributed by atoms with van der Waals surface area (Å²) in [6, 6.07) is 7.82. The number of pyridine rings is 1. The molecule has 1 atom stereocenters. The molecule has 9 nitrogen and oxygen atoms in total. The highest BCUT2D eigenvalue weighted by Gasteiger charge is 2.34. The Hall–Kier alpha value is -3.78. The van der Waals surface area contributed by atoms with Gasteiger partial charge in [-0.2, -0.15) is 0 Å². The Labute approximate surface area is 205 Å². The number of nitrogens with one attached hydrogen (secondary N) is 1. The summed E-state index contributed by atoms with van der Waals surface area (Å²) in [6.45, 7) is 0.329. The highest BCUT2D eigenvalue weighted by atomic mass is 32.1. The number of carbonyl (C=O) groups is 2. The SMILES string of the molecule is CN1C(=O)C(NC(=O)c2cc(Cc3cscn3)ccn2)COc2ccc(C#CC3(O)COC3)cc21. The van der Waals surface area contributed by atoms with Crippen LogP contribution in [0.2, 0.25) is 0 Å². The minimum Gasteiger partial charge on any atom is -0.489 e. The Morgan fingerprint density at radius 1 is 1.31 bits per heavy atom. The molecule has 178 valence electrons. The van der Waals surface area contributed by atoms with Crippen LogP contribution < -0.4 is 15.0 Å². The molecule has 0 aliphatic carbocycles. The average molecular weight is 491 g/mol. The zero-order chi connectivity index (χ0) is 24.4. The van der Waals surface area contributed by atoms with Gasteiger partial charge in [0.2, 0.25) is 0 Å². The van der Waals surface area contributed by atoms with Crippen molar-refractivity contribution in [1.82, 2.24) is 15.3 Å². The van der Waals surface area contributed by atoms with E-state index in [0.717, 1.165) is 11.3 Å². The fraction of sp³-hybridized carbons (Fsp3) is 0.280. The number of likely N-dealkylation sites (N-methyl/N-ethyl adjacent to an activating group) is 1. The van der Waals surface area contributed by atoms with E-state index in [4.69, 9.17) is 9.47 Å². The van der Waals surface area contributed by atoms with Crippen LogP contribution in [0.25, 0.3) is 0 Å². The zero-order valence-corrected chi connectivity index (χ0v) is 19.7. The largest absolute Gasteiger partial charge is 0.489 e. The van der Waals surface area contributed by atoms with Crippen LogP contribution in [0.4, 0.5) is 5.69 Å². The molecule has 2 aliphatic rings. The molecule has 1 saturated heterocycles. The lowest BCUT2D eigenvalue weighted by molar-refractivity contribution is -0.140. The number of benzene rings is 1. The third-order valence-corrected chi connectivity index (χ3v) is 6.34. The second kappa shape index (κ2) is 9.46. The predicted molar refractivity (Wildman–Crippen MR) is 128 cm³/mol. The van der Waals surface area contributed by atoms with Gasteiger partial charge in [0, 0.05) is 30.6 Å². The summed E-state index contributed by atoms with van der Waals surface area (Å²) in [7, 11) is 1.62. The van der Waals surface area contributed by atoms with Crippen LogP contribution in [-0.2, 0) is 16.0 Å². The highest BCUT2D eigenvalue weighted by molar-refractivity contribution is 7.07. The predicted octanol–water partition coefficient (Wildman–Crippen LogP) is 1.40. The lowest BCUT2D eigenvalue weighted by atomic mass is 10.0. The Balaban J connectivity index is 1.29. The zero-order valence-electron chi connectivity index (χ0n) is 18.9. The summed E-state index contributed by atoms with van der Waals surface area (Å²) in [4.78, 5) is 35.9. The third kappa shape index (κ3) is 5.02. The second-order valence-electron chi connectivity index (χ2n) is 8.40. The average Bonchev–Trinajstić information content (AvgIpc) is 3.32. The first-order valence-electron chi connectivity index (χ1n) is 10.9. The topological polar surface area (TPSA) is 114 Å². The molecule has 2 aromatic heterocycles. The lowest BCUT2D eigenvalue weighted by Gasteiger charge is -2.30. The van der Waals surface area contributed by atoms with Gasteiger partial charge in [0.1, 0.15) is 24.1 Å². The Kier molecular flexibility index (Phi) is 6.21. The maximum atomic E-state index is 13.1. The number of hydrogen-bond acceptors (Lipinski definition) is 8. The summed E-state index contributed by atoms with van der Waals surface area (Å²) in [5.74, 6) is 5.43. The first-order chi connectivity index (χ1) is 16.9. The molecule has 35 heavy (non-hydrogen) atoms. The number of anilines is 1. The van der Waals surface area contributed by atoms with Gasteiger partial charge in [0.15, 0.2) is 5.60 Å². The van der Waals surface area contributed by atoms with Gasteiger partial charge in [-0.05, 0) is 35.9 Å². The van der Waals surface area contributed by atoms with Crippen molar-refractivity contribution in [2.24, 2.45) is 0 Å². The number of thiazole rings is 1. The summed E-state index contributed by atoms with van der Waals surface area (Å²) in [5, 5.41) is 14.8. The second-order valence-corrected chi connectivity index (χ2v) is 9.12. The number of aromatic nitrogens is 2. The van der Waals surface area contributed by atoms with Gasteiger partial charge in [-0.3, -0.25) is 14.6 Å². The molecule has 4 heterocycles. The lowest BCUT2D eigenvalue weighted by Crippen LogP contribution is -2.49. The number of aliphatic hydroxyl groups is 1. The van der Waals surface area contributed by atoms with Crippen LogP contribution in [0.3, 0.4) is 0 Å². The van der Waals surface area contributed by atoms with Gasteiger partial charge < -0.3 is 24.8 Å². The fourth-order valence-electron chi connectivity index (χ4n) is 3.71. The van der Waals surface area contributed by atoms with Crippen LogP contribution in [-0.4, -0.2) is 65.4 Å². The van der Waals surface area contributed by atoms with Gasteiger partial charge in [-0.25, -0.2) is 4.98 Å². The summed E-state index contributed by atoms with van der Waals surface area (Å²) < 4.78 is 10.8. The smallest absolute Gasteiger partial charge is 0.270 e. The number of carbonyl (C=O) groups excluding carboxylic acids is 2. The Bertz CT molecular complexity index is 1330. The summed E-state index contributed by atoms with van der Waals surface area (Å²) in [5.41, 5.74) is 3.80. The van der Waals surface area contributed by atoms with E-state index >= 15 is 0 Å².